The second-order valence-electron chi connectivity index (χ2n) is 6.13. The van der Waals surface area contributed by atoms with Gasteiger partial charge in [0, 0.05) is 16.6 Å². The molecule has 0 unspecified atom stereocenters. The number of ether oxygens (including phenoxy) is 1. The Morgan fingerprint density at radius 1 is 1.11 bits per heavy atom. The van der Waals surface area contributed by atoms with Crippen molar-refractivity contribution in [1.29, 1.82) is 0 Å². The number of nitrogens with one attached hydrogen (secondary N) is 1. The van der Waals surface area contributed by atoms with E-state index in [2.05, 4.69) is 9.72 Å². The summed E-state index contributed by atoms with van der Waals surface area (Å²) in [5, 5.41) is 1.72. The average molecular weight is 426 g/mol. The van der Waals surface area contributed by atoms with E-state index in [1.807, 2.05) is 6.92 Å². The largest absolute Gasteiger partial charge is 0.465 e. The number of aromatic nitrogens is 1. The van der Waals surface area contributed by atoms with Crippen LogP contribution in [0.3, 0.4) is 0 Å². The van der Waals surface area contributed by atoms with Crippen LogP contribution in [-0.2, 0) is 21.0 Å². The van der Waals surface area contributed by atoms with Crippen molar-refractivity contribution in [2.24, 2.45) is 0 Å². The number of H-pyrrole nitrogens is 1. The first-order valence-electron chi connectivity index (χ1n) is 8.10. The molecule has 27 heavy (non-hydrogen) atoms. The van der Waals surface area contributed by atoms with Gasteiger partial charge in [0.15, 0.2) is 9.84 Å². The topological polar surface area (TPSA) is 76.2 Å². The van der Waals surface area contributed by atoms with Crippen molar-refractivity contribution in [2.45, 2.75) is 18.2 Å². The highest BCUT2D eigenvalue weighted by Crippen LogP contribution is 2.31. The van der Waals surface area contributed by atoms with Crippen molar-refractivity contribution in [3.05, 3.63) is 63.3 Å². The van der Waals surface area contributed by atoms with Crippen molar-refractivity contribution in [1.82, 2.24) is 4.98 Å². The van der Waals surface area contributed by atoms with Crippen LogP contribution in [0, 0.1) is 6.92 Å². The first kappa shape index (κ1) is 19.7. The van der Waals surface area contributed by atoms with Gasteiger partial charge in [-0.2, -0.15) is 0 Å². The van der Waals surface area contributed by atoms with Crippen LogP contribution in [0.15, 0.2) is 41.3 Å². The molecule has 3 rings (SSSR count). The number of fused-ring (bicyclic) bond motifs is 1. The van der Waals surface area contributed by atoms with Crippen LogP contribution < -0.4 is 0 Å². The number of halogens is 2. The molecular formula is C19H17Cl2NO4S. The SMILES string of the molecule is COC(=O)c1ccc(S(=O)(=O)CCc2c(C)[nH]c3cc(Cl)c(Cl)cc23)cc1. The number of aromatic amines is 1. The molecule has 8 heteroatoms. The maximum atomic E-state index is 12.7. The zero-order valence-corrected chi connectivity index (χ0v) is 17.0. The van der Waals surface area contributed by atoms with Crippen LogP contribution >= 0.6 is 23.2 Å². The minimum atomic E-state index is -3.51. The highest BCUT2D eigenvalue weighted by molar-refractivity contribution is 7.91. The van der Waals surface area contributed by atoms with E-state index in [0.717, 1.165) is 22.2 Å². The lowest BCUT2D eigenvalue weighted by atomic mass is 10.1. The zero-order chi connectivity index (χ0) is 19.8. The molecule has 0 spiro atoms. The summed E-state index contributed by atoms with van der Waals surface area (Å²) in [4.78, 5) is 14.8. The summed E-state index contributed by atoms with van der Waals surface area (Å²) in [6.45, 7) is 1.88. The van der Waals surface area contributed by atoms with Crippen molar-refractivity contribution in [3.8, 4) is 0 Å². The Balaban J connectivity index is 1.85. The molecule has 142 valence electrons. The van der Waals surface area contributed by atoms with Gasteiger partial charge < -0.3 is 9.72 Å². The van der Waals surface area contributed by atoms with Gasteiger partial charge in [0.2, 0.25) is 0 Å². The number of carbonyl (C=O) groups is 1. The third-order valence-electron chi connectivity index (χ3n) is 4.42. The van der Waals surface area contributed by atoms with E-state index in [1.54, 1.807) is 12.1 Å². The standard InChI is InChI=1S/C19H17Cl2NO4S/c1-11-14(15-9-16(20)17(21)10-18(15)22-11)7-8-27(24,25)13-5-3-12(4-6-13)19(23)26-2/h3-6,9-10,22H,7-8H2,1-2H3. The van der Waals surface area contributed by atoms with Crippen molar-refractivity contribution in [2.75, 3.05) is 12.9 Å². The fourth-order valence-electron chi connectivity index (χ4n) is 2.97. The fourth-order valence-corrected chi connectivity index (χ4v) is 4.56. The molecule has 1 heterocycles. The minimum Gasteiger partial charge on any atom is -0.465 e. The van der Waals surface area contributed by atoms with Crippen molar-refractivity contribution in [3.63, 3.8) is 0 Å². The first-order chi connectivity index (χ1) is 12.7. The second kappa shape index (κ2) is 7.54. The van der Waals surface area contributed by atoms with Gasteiger partial charge in [0.05, 0.1) is 33.4 Å². The minimum absolute atomic E-state index is 0.0708. The molecule has 0 saturated heterocycles. The van der Waals surface area contributed by atoms with Crippen LogP contribution in [0.5, 0.6) is 0 Å². The lowest BCUT2D eigenvalue weighted by molar-refractivity contribution is 0.0600. The molecule has 1 N–H and O–H groups in total. The van der Waals surface area contributed by atoms with Crippen LogP contribution in [0.4, 0.5) is 0 Å². The fraction of sp³-hybridized carbons (Fsp3) is 0.211. The normalized spacial score (nSPS) is 11.7. The van der Waals surface area contributed by atoms with E-state index in [-0.39, 0.29) is 10.6 Å². The quantitative estimate of drug-likeness (QED) is 0.606. The smallest absolute Gasteiger partial charge is 0.337 e. The number of esters is 1. The van der Waals surface area contributed by atoms with Gasteiger partial charge in [-0.25, -0.2) is 13.2 Å². The van der Waals surface area contributed by atoms with Crippen molar-refractivity contribution >= 4 is 49.9 Å². The lowest BCUT2D eigenvalue weighted by Gasteiger charge is -2.07. The highest BCUT2D eigenvalue weighted by atomic mass is 35.5. The van der Waals surface area contributed by atoms with E-state index in [4.69, 9.17) is 23.2 Å². The van der Waals surface area contributed by atoms with Crippen LogP contribution in [0.2, 0.25) is 10.0 Å². The molecule has 0 aliphatic heterocycles. The Morgan fingerprint density at radius 3 is 2.37 bits per heavy atom. The Bertz CT molecular complexity index is 1120. The third-order valence-corrected chi connectivity index (χ3v) is 6.87. The summed E-state index contributed by atoms with van der Waals surface area (Å²) in [5.41, 5.74) is 2.88. The van der Waals surface area contributed by atoms with Crippen LogP contribution in [0.25, 0.3) is 10.9 Å². The van der Waals surface area contributed by atoms with E-state index in [0.29, 0.717) is 22.0 Å². The predicted molar refractivity (Wildman–Crippen MR) is 107 cm³/mol. The summed E-state index contributed by atoms with van der Waals surface area (Å²) in [7, 11) is -2.24. The first-order valence-corrected chi connectivity index (χ1v) is 10.5. The number of sulfone groups is 1. The van der Waals surface area contributed by atoms with Gasteiger partial charge in [-0.1, -0.05) is 23.2 Å². The summed E-state index contributed by atoms with van der Waals surface area (Å²) < 4.78 is 30.0. The molecule has 3 aromatic rings. The number of aryl methyl sites for hydroxylation is 2. The summed E-state index contributed by atoms with van der Waals surface area (Å²) in [6.07, 6.45) is 0.324. The maximum absolute atomic E-state index is 12.7. The van der Waals surface area contributed by atoms with Gasteiger partial charge in [-0.05, 0) is 55.3 Å². The highest BCUT2D eigenvalue weighted by Gasteiger charge is 2.18. The second-order valence-corrected chi connectivity index (χ2v) is 9.05. The Morgan fingerprint density at radius 2 is 1.74 bits per heavy atom. The van der Waals surface area contributed by atoms with Crippen LogP contribution in [0.1, 0.15) is 21.6 Å². The summed E-state index contributed by atoms with van der Waals surface area (Å²) in [6, 6.07) is 9.20. The molecule has 0 fully saturated rings. The van der Waals surface area contributed by atoms with Gasteiger partial charge in [-0.15, -0.1) is 0 Å². The number of rotatable bonds is 5. The lowest BCUT2D eigenvalue weighted by Crippen LogP contribution is -2.10. The molecule has 0 amide bonds. The molecule has 5 nitrogen and oxygen atoms in total. The zero-order valence-electron chi connectivity index (χ0n) is 14.7. The van der Waals surface area contributed by atoms with Gasteiger partial charge in [0.25, 0.3) is 0 Å². The number of carbonyl (C=O) groups excluding carboxylic acids is 1. The Labute approximate surface area is 167 Å². The van der Waals surface area contributed by atoms with E-state index in [1.165, 1.54) is 31.4 Å². The van der Waals surface area contributed by atoms with E-state index in [9.17, 15) is 13.2 Å². The molecule has 0 aliphatic rings. The Hall–Kier alpha value is -2.02. The summed E-state index contributed by atoms with van der Waals surface area (Å²) >= 11 is 12.1. The molecule has 2 aromatic carbocycles. The number of benzene rings is 2. The van der Waals surface area contributed by atoms with Crippen LogP contribution in [-0.4, -0.2) is 32.2 Å². The van der Waals surface area contributed by atoms with Gasteiger partial charge in [0.1, 0.15) is 0 Å². The molecule has 0 atom stereocenters. The molecule has 0 bridgehead atoms. The molecular weight excluding hydrogens is 409 g/mol. The number of hydrogen-bond acceptors (Lipinski definition) is 4. The van der Waals surface area contributed by atoms with Gasteiger partial charge >= 0.3 is 5.97 Å². The maximum Gasteiger partial charge on any atom is 0.337 e. The molecule has 0 radical (unpaired) electrons. The molecule has 0 saturated carbocycles. The van der Waals surface area contributed by atoms with Crippen molar-refractivity contribution < 1.29 is 17.9 Å². The van der Waals surface area contributed by atoms with E-state index >= 15 is 0 Å². The molecule has 0 aliphatic carbocycles. The predicted octanol–water partition coefficient (Wildman–Crippen LogP) is 4.59. The monoisotopic (exact) mass is 425 g/mol. The van der Waals surface area contributed by atoms with Gasteiger partial charge in [-0.3, -0.25) is 0 Å². The average Bonchev–Trinajstić information content (AvgIpc) is 2.94. The van der Waals surface area contributed by atoms with E-state index < -0.39 is 15.8 Å². The number of hydrogen-bond donors (Lipinski definition) is 1. The third kappa shape index (κ3) is 3.98. The summed E-state index contributed by atoms with van der Waals surface area (Å²) in [5.74, 6) is -0.581. The number of methoxy groups -OCH3 is 1. The molecule has 1 aromatic heterocycles. The Kier molecular flexibility index (Phi) is 5.51.